The second-order valence-electron chi connectivity index (χ2n) is 13.0. The number of quaternary nitrogens is 2. The first-order valence-corrected chi connectivity index (χ1v) is 15.3. The predicted octanol–water partition coefficient (Wildman–Crippen LogP) is 6.79. The molecule has 0 saturated carbocycles. The molecule has 0 heterocycles. The van der Waals surface area contributed by atoms with E-state index in [9.17, 15) is 14.7 Å². The summed E-state index contributed by atoms with van der Waals surface area (Å²) in [4.78, 5) is 25.7. The Bertz CT molecular complexity index is 1690. The first kappa shape index (κ1) is 34.2. The fourth-order valence-electron chi connectivity index (χ4n) is 5.32. The number of carbonyl (C=O) groups excluding carboxylic acids is 2. The monoisotopic (exact) mass is 619 g/mol. The number of hydrogen-bond donors (Lipinski definition) is 3. The number of rotatable bonds is 12. The third kappa shape index (κ3) is 9.68. The zero-order valence-electron chi connectivity index (χ0n) is 27.8. The molecular weight excluding hydrogens is 575 g/mol. The fourth-order valence-corrected chi connectivity index (χ4v) is 5.32. The Labute approximate surface area is 273 Å². The van der Waals surface area contributed by atoms with Crippen LogP contribution in [0.25, 0.3) is 0 Å². The number of azo groups is 1. The number of aryl methyl sites for hydroxylation is 2. The number of aliphatic hydroxyl groups is 1. The molecule has 1 radical (unpaired) electrons. The minimum absolute atomic E-state index is 0.179. The van der Waals surface area contributed by atoms with E-state index in [1.54, 1.807) is 36.4 Å². The van der Waals surface area contributed by atoms with Gasteiger partial charge in [0.2, 0.25) is 0 Å². The molecule has 9 nitrogen and oxygen atoms in total. The number of benzene rings is 4. The SMILES string of the molecule is CCc1ccc(C(=O)Nc2ccc(N=Nc3cc(CO)c(NC(=O)c4ccc(C[N+](C)(C)[B][N+](C)(C)C)cc4)cc3C)cc2)cc1. The summed E-state index contributed by atoms with van der Waals surface area (Å²) in [6.07, 6.45) is 0.921. The second-order valence-corrected chi connectivity index (χ2v) is 13.0. The summed E-state index contributed by atoms with van der Waals surface area (Å²) in [5.41, 5.74) is 7.11. The summed E-state index contributed by atoms with van der Waals surface area (Å²) in [7, 11) is 12.9. The van der Waals surface area contributed by atoms with Crippen LogP contribution in [0.2, 0.25) is 0 Å². The summed E-state index contributed by atoms with van der Waals surface area (Å²) >= 11 is 0. The first-order valence-electron chi connectivity index (χ1n) is 15.3. The number of nitrogens with zero attached hydrogens (tertiary/aromatic N) is 4. The quantitative estimate of drug-likeness (QED) is 0.120. The Balaban J connectivity index is 1.39. The highest BCUT2D eigenvalue weighted by Crippen LogP contribution is 2.30. The minimum Gasteiger partial charge on any atom is -0.392 e. The Morgan fingerprint density at radius 1 is 0.761 bits per heavy atom. The van der Waals surface area contributed by atoms with Gasteiger partial charge >= 0.3 is 7.55 Å². The average molecular weight is 620 g/mol. The van der Waals surface area contributed by atoms with Crippen molar-refractivity contribution in [3.05, 3.63) is 118 Å². The molecule has 0 aliphatic heterocycles. The molecule has 4 aromatic carbocycles. The van der Waals surface area contributed by atoms with Crippen LogP contribution in [0.5, 0.6) is 0 Å². The van der Waals surface area contributed by atoms with Crippen LogP contribution in [-0.4, -0.2) is 68.5 Å². The number of hydrogen-bond acceptors (Lipinski definition) is 5. The Morgan fingerprint density at radius 2 is 1.33 bits per heavy atom. The van der Waals surface area contributed by atoms with Gasteiger partial charge in [-0.1, -0.05) is 31.2 Å². The lowest BCUT2D eigenvalue weighted by atomic mass is 9.97. The molecule has 0 aromatic heterocycles. The van der Waals surface area contributed by atoms with E-state index >= 15 is 0 Å². The van der Waals surface area contributed by atoms with Gasteiger partial charge in [0.1, 0.15) is 0 Å². The van der Waals surface area contributed by atoms with E-state index in [1.807, 2.05) is 55.5 Å². The maximum absolute atomic E-state index is 13.1. The normalized spacial score (nSPS) is 11.8. The Morgan fingerprint density at radius 3 is 1.87 bits per heavy atom. The van der Waals surface area contributed by atoms with Crippen LogP contribution < -0.4 is 10.6 Å². The maximum atomic E-state index is 13.1. The zero-order valence-corrected chi connectivity index (χ0v) is 27.8. The zero-order chi connectivity index (χ0) is 33.5. The van der Waals surface area contributed by atoms with E-state index in [-0.39, 0.29) is 18.4 Å². The van der Waals surface area contributed by atoms with Crippen molar-refractivity contribution in [2.24, 2.45) is 10.2 Å². The van der Waals surface area contributed by atoms with Crippen LogP contribution >= 0.6 is 0 Å². The lowest BCUT2D eigenvalue weighted by Crippen LogP contribution is -2.56. The molecule has 46 heavy (non-hydrogen) atoms. The van der Waals surface area contributed by atoms with Gasteiger partial charge in [-0.25, -0.2) is 0 Å². The van der Waals surface area contributed by atoms with Crippen LogP contribution in [-0.2, 0) is 19.6 Å². The average Bonchev–Trinajstić information content (AvgIpc) is 3.00. The number of nitrogens with one attached hydrogen (secondary N) is 2. The molecule has 0 atom stereocenters. The number of aliphatic hydroxyl groups excluding tert-OH is 1. The second kappa shape index (κ2) is 14.6. The van der Waals surface area contributed by atoms with Crippen molar-refractivity contribution in [1.82, 2.24) is 0 Å². The number of amides is 2. The van der Waals surface area contributed by atoms with Crippen molar-refractivity contribution in [2.45, 2.75) is 33.4 Å². The lowest BCUT2D eigenvalue weighted by Gasteiger charge is -2.32. The molecule has 4 rings (SSSR count). The highest BCUT2D eigenvalue weighted by atomic mass is 16.3. The van der Waals surface area contributed by atoms with Crippen molar-refractivity contribution in [3.8, 4) is 0 Å². The van der Waals surface area contributed by atoms with Gasteiger partial charge in [0.15, 0.2) is 0 Å². The van der Waals surface area contributed by atoms with Crippen LogP contribution in [0.15, 0.2) is 95.2 Å². The molecule has 0 spiro atoms. The van der Waals surface area contributed by atoms with E-state index in [2.05, 4.69) is 70.6 Å². The third-order valence-corrected chi connectivity index (χ3v) is 7.33. The summed E-state index contributed by atoms with van der Waals surface area (Å²) in [5.74, 6) is -0.437. The molecule has 0 bridgehead atoms. The highest BCUT2D eigenvalue weighted by Gasteiger charge is 2.36. The van der Waals surface area contributed by atoms with E-state index in [1.165, 1.54) is 5.56 Å². The van der Waals surface area contributed by atoms with Crippen LogP contribution in [0.1, 0.15) is 49.9 Å². The standard InChI is InChI=1S/C36H44BN6O3/c1-8-26-9-13-28(14-10-26)35(45)38-31-17-19-32(20-18-31)40-41-33-22-30(24-44)34(21-25(33)2)39-36(46)29-15-11-27(12-16-29)23-43(6,7)37-42(3,4)5/h9-22,44H,8,23-24H2,1-7H3,(H,38,45)(H,39,46)/q+2. The van der Waals surface area contributed by atoms with Crippen molar-refractivity contribution in [3.63, 3.8) is 0 Å². The smallest absolute Gasteiger partial charge is 0.392 e. The molecule has 237 valence electrons. The van der Waals surface area contributed by atoms with E-state index in [0.29, 0.717) is 43.8 Å². The van der Waals surface area contributed by atoms with Crippen molar-refractivity contribution < 1.29 is 23.5 Å². The number of anilines is 2. The highest BCUT2D eigenvalue weighted by molar-refractivity contribution is 6.16. The lowest BCUT2D eigenvalue weighted by molar-refractivity contribution is -0.888. The van der Waals surface area contributed by atoms with E-state index in [4.69, 9.17) is 0 Å². The molecule has 10 heteroatoms. The minimum atomic E-state index is -0.275. The number of carbonyl (C=O) groups is 2. The summed E-state index contributed by atoms with van der Waals surface area (Å²) in [6, 6.07) is 25.7. The van der Waals surface area contributed by atoms with Gasteiger partial charge in [-0.05, 0) is 85.1 Å². The molecular formula is C36H44BN6O3+2. The van der Waals surface area contributed by atoms with Gasteiger partial charge in [-0.15, -0.1) is 0 Å². The van der Waals surface area contributed by atoms with Gasteiger partial charge < -0.3 is 24.5 Å². The Hall–Kier alpha value is -4.64. The molecule has 2 amide bonds. The fraction of sp³-hybridized carbons (Fsp3) is 0.278. The van der Waals surface area contributed by atoms with Crippen molar-refractivity contribution in [1.29, 1.82) is 0 Å². The molecule has 0 aliphatic carbocycles. The summed E-state index contributed by atoms with van der Waals surface area (Å²) in [5, 5.41) is 24.6. The summed E-state index contributed by atoms with van der Waals surface area (Å²) in [6.45, 7) is 4.48. The largest absolute Gasteiger partial charge is 0.791 e. The molecule has 3 N–H and O–H groups in total. The van der Waals surface area contributed by atoms with Crippen LogP contribution in [0.3, 0.4) is 0 Å². The Kier molecular flexibility index (Phi) is 10.9. The molecule has 0 unspecified atom stereocenters. The molecule has 4 aromatic rings. The topological polar surface area (TPSA) is 103 Å². The van der Waals surface area contributed by atoms with Crippen molar-refractivity contribution >= 4 is 42.1 Å². The molecule has 0 aliphatic rings. The van der Waals surface area contributed by atoms with Gasteiger partial charge in [0.05, 0.1) is 59.8 Å². The summed E-state index contributed by atoms with van der Waals surface area (Å²) < 4.78 is 1.44. The van der Waals surface area contributed by atoms with Gasteiger partial charge in [0, 0.05) is 33.6 Å². The van der Waals surface area contributed by atoms with Gasteiger partial charge in [-0.3, -0.25) is 9.59 Å². The van der Waals surface area contributed by atoms with Gasteiger partial charge in [-0.2, -0.15) is 10.2 Å². The van der Waals surface area contributed by atoms with Gasteiger partial charge in [0.25, 0.3) is 11.8 Å². The third-order valence-electron chi connectivity index (χ3n) is 7.33. The van der Waals surface area contributed by atoms with Crippen LogP contribution in [0.4, 0.5) is 22.7 Å². The predicted molar refractivity (Wildman–Crippen MR) is 185 cm³/mol. The van der Waals surface area contributed by atoms with Crippen molar-refractivity contribution in [2.75, 3.05) is 45.9 Å². The first-order chi connectivity index (χ1) is 21.7. The molecule has 0 saturated heterocycles. The van der Waals surface area contributed by atoms with E-state index in [0.717, 1.165) is 28.5 Å². The van der Waals surface area contributed by atoms with Crippen LogP contribution in [0, 0.1) is 6.92 Å². The van der Waals surface area contributed by atoms with E-state index < -0.39 is 0 Å². The maximum Gasteiger partial charge on any atom is 0.791 e. The molecule has 0 fully saturated rings.